The second-order valence-corrected chi connectivity index (χ2v) is 8.68. The minimum absolute atomic E-state index is 0.0654. The summed E-state index contributed by atoms with van der Waals surface area (Å²) >= 11 is 3.45. The molecule has 1 aromatic heterocycles. The molecule has 1 aliphatic rings. The highest BCUT2D eigenvalue weighted by Crippen LogP contribution is 2.19. The van der Waals surface area contributed by atoms with Gasteiger partial charge in [-0.2, -0.15) is 5.10 Å². The number of aromatic nitrogens is 2. The molecule has 0 aliphatic carbocycles. The highest BCUT2D eigenvalue weighted by atomic mass is 79.9. The molecule has 2 aromatic carbocycles. The van der Waals surface area contributed by atoms with Crippen LogP contribution in [0.5, 0.6) is 5.75 Å². The summed E-state index contributed by atoms with van der Waals surface area (Å²) in [5, 5.41) is 4.46. The van der Waals surface area contributed by atoms with Gasteiger partial charge in [0, 0.05) is 37.2 Å². The van der Waals surface area contributed by atoms with E-state index in [-0.39, 0.29) is 5.91 Å². The van der Waals surface area contributed by atoms with Gasteiger partial charge in [0.15, 0.2) is 0 Å². The molecule has 1 amide bonds. The van der Waals surface area contributed by atoms with Gasteiger partial charge in [0.05, 0.1) is 30.3 Å². The number of ether oxygens (including phenoxy) is 1. The molecule has 0 saturated carbocycles. The average molecular weight is 483 g/mol. The van der Waals surface area contributed by atoms with E-state index in [1.165, 1.54) is 5.56 Å². The van der Waals surface area contributed by atoms with Crippen LogP contribution in [-0.2, 0) is 6.42 Å². The fraction of sp³-hybridized carbons (Fsp3) is 0.333. The van der Waals surface area contributed by atoms with Crippen molar-refractivity contribution in [2.45, 2.75) is 13.3 Å². The first-order chi connectivity index (χ1) is 15.0. The monoisotopic (exact) mass is 482 g/mol. The van der Waals surface area contributed by atoms with Crippen LogP contribution in [0.4, 0.5) is 0 Å². The van der Waals surface area contributed by atoms with Crippen molar-refractivity contribution in [2.75, 3.05) is 39.8 Å². The summed E-state index contributed by atoms with van der Waals surface area (Å²) < 4.78 is 8.06. The highest BCUT2D eigenvalue weighted by Gasteiger charge is 2.25. The third-order valence-corrected chi connectivity index (χ3v) is 6.38. The Bertz CT molecular complexity index is 1020. The predicted octanol–water partition coefficient (Wildman–Crippen LogP) is 3.95. The molecule has 0 radical (unpaired) electrons. The van der Waals surface area contributed by atoms with Crippen molar-refractivity contribution in [3.63, 3.8) is 0 Å². The zero-order valence-corrected chi connectivity index (χ0v) is 19.5. The smallest absolute Gasteiger partial charge is 0.257 e. The number of hydrogen-bond donors (Lipinski definition) is 0. The van der Waals surface area contributed by atoms with Gasteiger partial charge >= 0.3 is 0 Å². The van der Waals surface area contributed by atoms with E-state index in [9.17, 15) is 4.79 Å². The number of piperazine rings is 1. The molecule has 162 valence electrons. The average Bonchev–Trinajstić information content (AvgIpc) is 3.19. The van der Waals surface area contributed by atoms with Gasteiger partial charge in [-0.1, -0.05) is 28.1 Å². The quantitative estimate of drug-likeness (QED) is 0.533. The predicted molar refractivity (Wildman–Crippen MR) is 125 cm³/mol. The summed E-state index contributed by atoms with van der Waals surface area (Å²) in [4.78, 5) is 17.5. The molecule has 6 nitrogen and oxygen atoms in total. The number of carbonyl (C=O) groups excluding carboxylic acids is 1. The molecule has 1 fully saturated rings. The highest BCUT2D eigenvalue weighted by molar-refractivity contribution is 9.10. The van der Waals surface area contributed by atoms with Crippen LogP contribution in [-0.4, -0.2) is 65.3 Å². The maximum Gasteiger partial charge on any atom is 0.257 e. The van der Waals surface area contributed by atoms with Crippen LogP contribution in [0.15, 0.2) is 59.2 Å². The van der Waals surface area contributed by atoms with E-state index < -0.39 is 0 Å². The fourth-order valence-electron chi connectivity index (χ4n) is 3.89. The van der Waals surface area contributed by atoms with E-state index in [2.05, 4.69) is 38.1 Å². The molecule has 0 unspecified atom stereocenters. The molecule has 2 heterocycles. The normalized spacial score (nSPS) is 14.6. The van der Waals surface area contributed by atoms with Gasteiger partial charge in [-0.3, -0.25) is 9.69 Å². The number of benzene rings is 2. The molecular formula is C24H27BrN4O2. The summed E-state index contributed by atoms with van der Waals surface area (Å²) in [7, 11) is 1.68. The van der Waals surface area contributed by atoms with Crippen molar-refractivity contribution in [3.05, 3.63) is 76.0 Å². The lowest BCUT2D eigenvalue weighted by Gasteiger charge is -2.34. The first-order valence-corrected chi connectivity index (χ1v) is 11.3. The van der Waals surface area contributed by atoms with Crippen molar-refractivity contribution >= 4 is 21.8 Å². The number of hydrogen-bond acceptors (Lipinski definition) is 4. The molecule has 3 aromatic rings. The Balaban J connectivity index is 1.32. The van der Waals surface area contributed by atoms with Gasteiger partial charge in [0.2, 0.25) is 0 Å². The van der Waals surface area contributed by atoms with Crippen LogP contribution in [0.3, 0.4) is 0 Å². The Kier molecular flexibility index (Phi) is 6.73. The third-order valence-electron chi connectivity index (χ3n) is 5.85. The van der Waals surface area contributed by atoms with Crippen LogP contribution in [0.2, 0.25) is 0 Å². The summed E-state index contributed by atoms with van der Waals surface area (Å²) in [6.45, 7) is 6.21. The lowest BCUT2D eigenvalue weighted by atomic mass is 10.1. The van der Waals surface area contributed by atoms with Crippen molar-refractivity contribution in [1.82, 2.24) is 19.6 Å². The van der Waals surface area contributed by atoms with Crippen LogP contribution in [0, 0.1) is 6.92 Å². The van der Waals surface area contributed by atoms with E-state index >= 15 is 0 Å². The van der Waals surface area contributed by atoms with E-state index in [0.29, 0.717) is 5.56 Å². The van der Waals surface area contributed by atoms with Crippen molar-refractivity contribution in [3.8, 4) is 11.4 Å². The molecule has 1 aliphatic heterocycles. The van der Waals surface area contributed by atoms with Crippen molar-refractivity contribution in [1.29, 1.82) is 0 Å². The molecule has 0 N–H and O–H groups in total. The van der Waals surface area contributed by atoms with E-state index in [1.807, 2.05) is 52.9 Å². The van der Waals surface area contributed by atoms with E-state index in [4.69, 9.17) is 4.74 Å². The molecule has 1 saturated heterocycles. The SMILES string of the molecule is COc1ccc(CCN2CCN(C(=O)c3cnn(-c4ccc(Br)cc4)c3C)CC2)cc1. The van der Waals surface area contributed by atoms with Crippen LogP contribution in [0.25, 0.3) is 5.69 Å². The summed E-state index contributed by atoms with van der Waals surface area (Å²) in [6.07, 6.45) is 2.69. The van der Waals surface area contributed by atoms with Gasteiger partial charge in [-0.25, -0.2) is 4.68 Å². The Morgan fingerprint density at radius 3 is 2.35 bits per heavy atom. The molecule has 0 bridgehead atoms. The number of methoxy groups -OCH3 is 1. The largest absolute Gasteiger partial charge is 0.497 e. The Hall–Kier alpha value is -2.64. The minimum atomic E-state index is 0.0654. The van der Waals surface area contributed by atoms with Crippen molar-refractivity contribution in [2.24, 2.45) is 0 Å². The molecule has 7 heteroatoms. The molecule has 0 atom stereocenters. The lowest BCUT2D eigenvalue weighted by Crippen LogP contribution is -2.49. The number of carbonyl (C=O) groups is 1. The summed E-state index contributed by atoms with van der Waals surface area (Å²) in [6, 6.07) is 16.2. The first kappa shape index (κ1) is 21.6. The van der Waals surface area contributed by atoms with Crippen LogP contribution < -0.4 is 4.74 Å². The number of halogens is 1. The fourth-order valence-corrected chi connectivity index (χ4v) is 4.15. The first-order valence-electron chi connectivity index (χ1n) is 10.5. The van der Waals surface area contributed by atoms with Gasteiger partial charge in [0.1, 0.15) is 5.75 Å². The Labute approximate surface area is 191 Å². The lowest BCUT2D eigenvalue weighted by molar-refractivity contribution is 0.0638. The number of rotatable bonds is 6. The van der Waals surface area contributed by atoms with E-state index in [1.54, 1.807) is 13.3 Å². The molecule has 31 heavy (non-hydrogen) atoms. The molecule has 4 rings (SSSR count). The Morgan fingerprint density at radius 1 is 1.03 bits per heavy atom. The van der Waals surface area contributed by atoms with Gasteiger partial charge in [-0.05, 0) is 55.3 Å². The maximum atomic E-state index is 13.1. The van der Waals surface area contributed by atoms with Crippen LogP contribution >= 0.6 is 15.9 Å². The Morgan fingerprint density at radius 2 is 1.71 bits per heavy atom. The second-order valence-electron chi connectivity index (χ2n) is 7.76. The third kappa shape index (κ3) is 4.99. The maximum absolute atomic E-state index is 13.1. The molecular weight excluding hydrogens is 456 g/mol. The van der Waals surface area contributed by atoms with Crippen LogP contribution in [0.1, 0.15) is 21.6 Å². The van der Waals surface area contributed by atoms with Crippen molar-refractivity contribution < 1.29 is 9.53 Å². The molecule has 0 spiro atoms. The standard InChI is InChI=1S/C24H27BrN4O2/c1-18-23(17-26-29(18)21-7-5-20(25)6-8-21)24(30)28-15-13-27(14-16-28)12-11-19-3-9-22(31-2)10-4-19/h3-10,17H,11-16H2,1-2H3. The van der Waals surface area contributed by atoms with Gasteiger partial charge < -0.3 is 9.64 Å². The summed E-state index contributed by atoms with van der Waals surface area (Å²) in [5.41, 5.74) is 3.79. The second kappa shape index (κ2) is 9.66. The zero-order chi connectivity index (χ0) is 21.8. The summed E-state index contributed by atoms with van der Waals surface area (Å²) in [5.74, 6) is 0.949. The van der Waals surface area contributed by atoms with Gasteiger partial charge in [-0.15, -0.1) is 0 Å². The van der Waals surface area contributed by atoms with E-state index in [0.717, 1.165) is 60.7 Å². The number of nitrogens with zero attached hydrogens (tertiary/aromatic N) is 4. The van der Waals surface area contributed by atoms with Gasteiger partial charge in [0.25, 0.3) is 5.91 Å². The topological polar surface area (TPSA) is 50.6 Å². The number of amides is 1. The zero-order valence-electron chi connectivity index (χ0n) is 17.9. The minimum Gasteiger partial charge on any atom is -0.497 e.